The number of aryl methyl sites for hydroxylation is 1. The molecule has 20 heavy (non-hydrogen) atoms. The Kier molecular flexibility index (Phi) is 6.40. The van der Waals surface area contributed by atoms with Crippen molar-refractivity contribution in [2.45, 2.75) is 60.4 Å². The largest absolute Gasteiger partial charge is 0.478 e. The summed E-state index contributed by atoms with van der Waals surface area (Å²) in [5.41, 5.74) is 1.24. The predicted molar refractivity (Wildman–Crippen MR) is 83.2 cm³/mol. The first kappa shape index (κ1) is 16.9. The van der Waals surface area contributed by atoms with E-state index in [9.17, 15) is 0 Å². The van der Waals surface area contributed by atoms with Crippen molar-refractivity contribution in [1.29, 1.82) is 0 Å². The molecule has 1 unspecified atom stereocenters. The fourth-order valence-corrected chi connectivity index (χ4v) is 2.14. The third-order valence-corrected chi connectivity index (χ3v) is 3.26. The van der Waals surface area contributed by atoms with Gasteiger partial charge in [-0.3, -0.25) is 0 Å². The molecule has 0 radical (unpaired) electrons. The highest BCUT2D eigenvalue weighted by molar-refractivity contribution is 5.17. The normalized spacial score (nSPS) is 13.3. The van der Waals surface area contributed by atoms with Gasteiger partial charge in [0.1, 0.15) is 5.82 Å². The third-order valence-electron chi connectivity index (χ3n) is 3.26. The van der Waals surface area contributed by atoms with E-state index < -0.39 is 0 Å². The molecule has 114 valence electrons. The van der Waals surface area contributed by atoms with Crippen LogP contribution in [0, 0.1) is 12.3 Å². The van der Waals surface area contributed by atoms with Crippen LogP contribution in [0.4, 0.5) is 0 Å². The molecule has 4 heteroatoms. The van der Waals surface area contributed by atoms with Crippen LogP contribution in [-0.2, 0) is 6.42 Å². The SMILES string of the molecule is CCCNC(Cc1cc(OCC)nc(C)n1)C(C)(C)C. The number of hydrogen-bond donors (Lipinski definition) is 1. The van der Waals surface area contributed by atoms with E-state index in [2.05, 4.69) is 43.0 Å². The van der Waals surface area contributed by atoms with Crippen molar-refractivity contribution in [1.82, 2.24) is 15.3 Å². The summed E-state index contributed by atoms with van der Waals surface area (Å²) in [5, 5.41) is 3.63. The molecule has 1 atom stereocenters. The standard InChI is InChI=1S/C16H29N3O/c1-7-9-17-14(16(4,5)6)10-13-11-15(20-8-2)19-12(3)18-13/h11,14,17H,7-10H2,1-6H3. The summed E-state index contributed by atoms with van der Waals surface area (Å²) in [6, 6.07) is 2.36. The fraction of sp³-hybridized carbons (Fsp3) is 0.750. The van der Waals surface area contributed by atoms with Crippen molar-refractivity contribution >= 4 is 0 Å². The lowest BCUT2D eigenvalue weighted by Crippen LogP contribution is -2.42. The van der Waals surface area contributed by atoms with Crippen molar-refractivity contribution in [3.63, 3.8) is 0 Å². The third kappa shape index (κ3) is 5.45. The van der Waals surface area contributed by atoms with Crippen LogP contribution in [0.2, 0.25) is 0 Å². The minimum Gasteiger partial charge on any atom is -0.478 e. The van der Waals surface area contributed by atoms with Crippen LogP contribution >= 0.6 is 0 Å². The Labute approximate surface area is 123 Å². The number of nitrogens with zero attached hydrogens (tertiary/aromatic N) is 2. The molecule has 0 saturated heterocycles. The van der Waals surface area contributed by atoms with Crippen molar-refractivity contribution in [3.05, 3.63) is 17.6 Å². The molecule has 4 nitrogen and oxygen atoms in total. The summed E-state index contributed by atoms with van der Waals surface area (Å²) in [5.74, 6) is 1.45. The van der Waals surface area contributed by atoms with Gasteiger partial charge in [0, 0.05) is 24.2 Å². The lowest BCUT2D eigenvalue weighted by atomic mass is 9.84. The van der Waals surface area contributed by atoms with Gasteiger partial charge in [0.05, 0.1) is 6.61 Å². The number of ether oxygens (including phenoxy) is 1. The van der Waals surface area contributed by atoms with E-state index in [1.807, 2.05) is 19.9 Å². The number of nitrogens with one attached hydrogen (secondary N) is 1. The highest BCUT2D eigenvalue weighted by atomic mass is 16.5. The molecular formula is C16H29N3O. The molecule has 0 aromatic carbocycles. The Bertz CT molecular complexity index is 413. The lowest BCUT2D eigenvalue weighted by molar-refractivity contribution is 0.264. The molecule has 1 aromatic heterocycles. The second-order valence-electron chi connectivity index (χ2n) is 6.25. The molecular weight excluding hydrogens is 250 g/mol. The van der Waals surface area contributed by atoms with Gasteiger partial charge in [-0.25, -0.2) is 4.98 Å². The molecule has 0 fully saturated rings. The van der Waals surface area contributed by atoms with Crippen molar-refractivity contribution in [3.8, 4) is 5.88 Å². The highest BCUT2D eigenvalue weighted by Gasteiger charge is 2.24. The van der Waals surface area contributed by atoms with Crippen molar-refractivity contribution < 1.29 is 4.74 Å². The Morgan fingerprint density at radius 3 is 2.50 bits per heavy atom. The van der Waals surface area contributed by atoms with Crippen LogP contribution in [-0.4, -0.2) is 29.2 Å². The number of rotatable bonds is 7. The molecule has 0 aliphatic carbocycles. The van der Waals surface area contributed by atoms with Crippen LogP contribution in [0.25, 0.3) is 0 Å². The summed E-state index contributed by atoms with van der Waals surface area (Å²) in [4.78, 5) is 8.85. The Hall–Kier alpha value is -1.16. The van der Waals surface area contributed by atoms with Gasteiger partial charge in [0.2, 0.25) is 5.88 Å². The molecule has 1 rings (SSSR count). The maximum absolute atomic E-state index is 5.50. The summed E-state index contributed by atoms with van der Waals surface area (Å²) in [6.45, 7) is 14.5. The van der Waals surface area contributed by atoms with Crippen molar-refractivity contribution in [2.75, 3.05) is 13.2 Å². The zero-order chi connectivity index (χ0) is 15.2. The summed E-state index contributed by atoms with van der Waals surface area (Å²) in [6.07, 6.45) is 2.03. The van der Waals surface area contributed by atoms with Gasteiger partial charge in [-0.2, -0.15) is 4.98 Å². The molecule has 1 heterocycles. The van der Waals surface area contributed by atoms with Gasteiger partial charge in [-0.15, -0.1) is 0 Å². The number of aromatic nitrogens is 2. The van der Waals surface area contributed by atoms with Gasteiger partial charge in [0.15, 0.2) is 0 Å². The topological polar surface area (TPSA) is 47.0 Å². The van der Waals surface area contributed by atoms with Crippen LogP contribution in [0.5, 0.6) is 5.88 Å². The van der Waals surface area contributed by atoms with Gasteiger partial charge in [-0.1, -0.05) is 27.7 Å². The first-order valence-corrected chi connectivity index (χ1v) is 7.57. The van der Waals surface area contributed by atoms with Crippen molar-refractivity contribution in [2.24, 2.45) is 5.41 Å². The van der Waals surface area contributed by atoms with Crippen LogP contribution in [0.1, 0.15) is 52.6 Å². The fourth-order valence-electron chi connectivity index (χ4n) is 2.14. The Morgan fingerprint density at radius 2 is 1.95 bits per heavy atom. The first-order chi connectivity index (χ1) is 9.36. The minimum absolute atomic E-state index is 0.194. The van der Waals surface area contributed by atoms with Gasteiger partial charge < -0.3 is 10.1 Å². The van der Waals surface area contributed by atoms with E-state index in [0.29, 0.717) is 18.5 Å². The molecule has 0 saturated carbocycles. The summed E-state index contributed by atoms with van der Waals surface area (Å²) < 4.78 is 5.50. The van der Waals surface area contributed by atoms with Gasteiger partial charge in [-0.05, 0) is 32.2 Å². The monoisotopic (exact) mass is 279 g/mol. The van der Waals surface area contributed by atoms with Crippen LogP contribution < -0.4 is 10.1 Å². The summed E-state index contributed by atoms with van der Waals surface area (Å²) >= 11 is 0. The molecule has 0 aliphatic rings. The maximum atomic E-state index is 5.50. The van der Waals surface area contributed by atoms with E-state index >= 15 is 0 Å². The maximum Gasteiger partial charge on any atom is 0.216 e. The van der Waals surface area contributed by atoms with Gasteiger partial charge >= 0.3 is 0 Å². The Morgan fingerprint density at radius 1 is 1.25 bits per heavy atom. The van der Waals surface area contributed by atoms with E-state index in [-0.39, 0.29) is 5.41 Å². The molecule has 1 aromatic rings. The smallest absolute Gasteiger partial charge is 0.216 e. The second kappa shape index (κ2) is 7.58. The average Bonchev–Trinajstić information content (AvgIpc) is 2.32. The molecule has 0 aliphatic heterocycles. The zero-order valence-electron chi connectivity index (χ0n) is 13.8. The number of hydrogen-bond acceptors (Lipinski definition) is 4. The molecule has 0 amide bonds. The van der Waals surface area contributed by atoms with E-state index in [1.165, 1.54) is 0 Å². The highest BCUT2D eigenvalue weighted by Crippen LogP contribution is 2.23. The quantitative estimate of drug-likeness (QED) is 0.833. The zero-order valence-corrected chi connectivity index (χ0v) is 13.8. The van der Waals surface area contributed by atoms with E-state index in [1.54, 1.807) is 0 Å². The van der Waals surface area contributed by atoms with E-state index in [0.717, 1.165) is 30.9 Å². The average molecular weight is 279 g/mol. The van der Waals surface area contributed by atoms with E-state index in [4.69, 9.17) is 4.74 Å². The first-order valence-electron chi connectivity index (χ1n) is 7.57. The molecule has 0 bridgehead atoms. The Balaban J connectivity index is 2.86. The predicted octanol–water partition coefficient (Wildman–Crippen LogP) is 3.14. The van der Waals surface area contributed by atoms with Crippen LogP contribution in [0.15, 0.2) is 6.07 Å². The van der Waals surface area contributed by atoms with Gasteiger partial charge in [0.25, 0.3) is 0 Å². The summed E-state index contributed by atoms with van der Waals surface area (Å²) in [7, 11) is 0. The minimum atomic E-state index is 0.194. The lowest BCUT2D eigenvalue weighted by Gasteiger charge is -2.31. The second-order valence-corrected chi connectivity index (χ2v) is 6.25. The molecule has 0 spiro atoms. The van der Waals surface area contributed by atoms with Crippen LogP contribution in [0.3, 0.4) is 0 Å². The molecule has 1 N–H and O–H groups in total.